The van der Waals surface area contributed by atoms with Crippen LogP contribution in [0.25, 0.3) is 0 Å². The molecule has 15 heavy (non-hydrogen) atoms. The molecular weight excluding hydrogens is 267 g/mol. The van der Waals surface area contributed by atoms with Gasteiger partial charge < -0.3 is 5.11 Å². The van der Waals surface area contributed by atoms with Crippen molar-refractivity contribution >= 4 is 27.7 Å². The van der Waals surface area contributed by atoms with Crippen molar-refractivity contribution in [3.8, 4) is 0 Å². The Morgan fingerprint density at radius 2 is 2.00 bits per heavy atom. The van der Waals surface area contributed by atoms with Crippen LogP contribution in [0.15, 0.2) is 34.8 Å². The van der Waals surface area contributed by atoms with E-state index in [-0.39, 0.29) is 10.0 Å². The third-order valence-corrected chi connectivity index (χ3v) is 2.19. The van der Waals surface area contributed by atoms with Crippen LogP contribution in [0.5, 0.6) is 0 Å². The van der Waals surface area contributed by atoms with Crippen molar-refractivity contribution < 1.29 is 19.1 Å². The van der Waals surface area contributed by atoms with E-state index in [2.05, 4.69) is 15.9 Å². The zero-order chi connectivity index (χ0) is 11.4. The van der Waals surface area contributed by atoms with E-state index in [1.54, 1.807) is 0 Å². The predicted octanol–water partition coefficient (Wildman–Crippen LogP) is 2.41. The topological polar surface area (TPSA) is 54.4 Å². The second-order valence-corrected chi connectivity index (χ2v) is 3.52. The highest BCUT2D eigenvalue weighted by Crippen LogP contribution is 2.17. The highest BCUT2D eigenvalue weighted by atomic mass is 79.9. The highest BCUT2D eigenvalue weighted by Gasteiger charge is 2.05. The lowest BCUT2D eigenvalue weighted by atomic mass is 10.1. The van der Waals surface area contributed by atoms with Crippen molar-refractivity contribution in [1.82, 2.24) is 0 Å². The minimum atomic E-state index is -1.20. The van der Waals surface area contributed by atoms with Gasteiger partial charge in [-0.2, -0.15) is 0 Å². The van der Waals surface area contributed by atoms with E-state index >= 15 is 0 Å². The van der Waals surface area contributed by atoms with Gasteiger partial charge in [-0.05, 0) is 40.2 Å². The summed E-state index contributed by atoms with van der Waals surface area (Å²) in [5, 5.41) is 8.30. The average molecular weight is 273 g/mol. The molecule has 0 aliphatic heterocycles. The van der Waals surface area contributed by atoms with Crippen LogP contribution >= 0.6 is 15.9 Å². The Hall–Kier alpha value is -1.49. The van der Waals surface area contributed by atoms with E-state index in [1.807, 2.05) is 0 Å². The third kappa shape index (κ3) is 3.28. The fourth-order valence-electron chi connectivity index (χ4n) is 0.893. The van der Waals surface area contributed by atoms with Gasteiger partial charge in [-0.25, -0.2) is 9.18 Å². The van der Waals surface area contributed by atoms with Gasteiger partial charge in [0.1, 0.15) is 5.82 Å². The average Bonchev–Trinajstić information content (AvgIpc) is 2.18. The monoisotopic (exact) mass is 272 g/mol. The number of carboxylic acid groups (broad SMARTS) is 1. The van der Waals surface area contributed by atoms with E-state index in [0.717, 1.165) is 18.2 Å². The fraction of sp³-hybridized carbons (Fsp3) is 0. The summed E-state index contributed by atoms with van der Waals surface area (Å²) in [7, 11) is 0. The molecule has 0 bridgehead atoms. The number of hydrogen-bond acceptors (Lipinski definition) is 2. The van der Waals surface area contributed by atoms with Crippen LogP contribution in [0.2, 0.25) is 0 Å². The molecule has 0 atom stereocenters. The lowest BCUT2D eigenvalue weighted by Crippen LogP contribution is -1.97. The Kier molecular flexibility index (Phi) is 3.74. The van der Waals surface area contributed by atoms with Crippen LogP contribution in [0, 0.1) is 5.82 Å². The molecule has 0 aromatic heterocycles. The summed E-state index contributed by atoms with van der Waals surface area (Å²) in [5.41, 5.74) is 0.223. The minimum absolute atomic E-state index is 0.164. The Labute approximate surface area is 93.4 Å². The Morgan fingerprint density at radius 3 is 2.53 bits per heavy atom. The maximum atomic E-state index is 12.8. The molecule has 0 saturated carbocycles. The number of hydrogen-bond donors (Lipinski definition) is 1. The van der Waals surface area contributed by atoms with Gasteiger partial charge in [0.15, 0.2) is 5.78 Å². The van der Waals surface area contributed by atoms with Crippen molar-refractivity contribution in [2.24, 2.45) is 0 Å². The Morgan fingerprint density at radius 1 is 1.33 bits per heavy atom. The smallest absolute Gasteiger partial charge is 0.328 e. The van der Waals surface area contributed by atoms with Crippen molar-refractivity contribution in [3.05, 3.63) is 46.2 Å². The van der Waals surface area contributed by atoms with E-state index < -0.39 is 17.6 Å². The molecule has 0 fully saturated rings. The number of benzene rings is 1. The first-order valence-corrected chi connectivity index (χ1v) is 4.70. The summed E-state index contributed by atoms with van der Waals surface area (Å²) in [4.78, 5) is 21.5. The van der Waals surface area contributed by atoms with Gasteiger partial charge in [0.25, 0.3) is 0 Å². The zero-order valence-corrected chi connectivity index (χ0v) is 8.99. The number of rotatable bonds is 3. The van der Waals surface area contributed by atoms with Crippen molar-refractivity contribution in [2.75, 3.05) is 0 Å². The summed E-state index contributed by atoms with van der Waals surface area (Å²) < 4.78 is 13.0. The number of allylic oxidation sites excluding steroid dienone is 1. The third-order valence-electron chi connectivity index (χ3n) is 1.58. The number of carboxylic acids is 1. The van der Waals surface area contributed by atoms with Crippen LogP contribution in [0.4, 0.5) is 4.39 Å². The maximum Gasteiger partial charge on any atom is 0.328 e. The van der Waals surface area contributed by atoms with Crippen molar-refractivity contribution in [2.45, 2.75) is 0 Å². The van der Waals surface area contributed by atoms with E-state index in [0.29, 0.717) is 0 Å². The number of carbonyl (C=O) groups excluding carboxylic acids is 1. The molecule has 0 radical (unpaired) electrons. The largest absolute Gasteiger partial charge is 0.478 e. The fourth-order valence-corrected chi connectivity index (χ4v) is 1.27. The molecule has 0 aliphatic carbocycles. The normalized spacial score (nSPS) is 10.5. The van der Waals surface area contributed by atoms with Crippen molar-refractivity contribution in [1.29, 1.82) is 0 Å². The first-order valence-electron chi connectivity index (χ1n) is 3.91. The van der Waals surface area contributed by atoms with Gasteiger partial charge in [-0.1, -0.05) is 0 Å². The zero-order valence-electron chi connectivity index (χ0n) is 7.41. The second-order valence-electron chi connectivity index (χ2n) is 2.66. The molecule has 0 aliphatic rings. The quantitative estimate of drug-likeness (QED) is 0.679. The maximum absolute atomic E-state index is 12.8. The van der Waals surface area contributed by atoms with Gasteiger partial charge in [-0.15, -0.1) is 0 Å². The molecule has 1 aromatic rings. The van der Waals surface area contributed by atoms with Crippen LogP contribution in [0.3, 0.4) is 0 Å². The van der Waals surface area contributed by atoms with E-state index in [1.165, 1.54) is 12.1 Å². The SMILES string of the molecule is O=C(O)C=CC(=O)c1ccc(F)c(Br)c1. The summed E-state index contributed by atoms with van der Waals surface area (Å²) in [6.45, 7) is 0. The number of carbonyl (C=O) groups is 2. The number of aliphatic carboxylic acids is 1. The summed E-state index contributed by atoms with van der Waals surface area (Å²) in [6, 6.07) is 3.71. The van der Waals surface area contributed by atoms with Gasteiger partial charge in [0.05, 0.1) is 4.47 Å². The molecule has 1 rings (SSSR count). The first-order chi connectivity index (χ1) is 7.00. The number of halogens is 2. The molecule has 5 heteroatoms. The molecule has 1 aromatic carbocycles. The highest BCUT2D eigenvalue weighted by molar-refractivity contribution is 9.10. The summed E-state index contributed by atoms with van der Waals surface area (Å²) in [6.07, 6.45) is 1.65. The lowest BCUT2D eigenvalue weighted by molar-refractivity contribution is -0.131. The Bertz CT molecular complexity index is 440. The molecule has 0 amide bonds. The molecule has 0 spiro atoms. The van der Waals surface area contributed by atoms with E-state index in [4.69, 9.17) is 5.11 Å². The van der Waals surface area contributed by atoms with Gasteiger partial charge in [0.2, 0.25) is 0 Å². The molecular formula is C10H6BrFO3. The van der Waals surface area contributed by atoms with Crippen LogP contribution < -0.4 is 0 Å². The van der Waals surface area contributed by atoms with Crippen LogP contribution in [-0.4, -0.2) is 16.9 Å². The molecule has 0 unspecified atom stereocenters. The van der Waals surface area contributed by atoms with Crippen LogP contribution in [-0.2, 0) is 4.79 Å². The lowest BCUT2D eigenvalue weighted by Gasteiger charge is -1.97. The first kappa shape index (κ1) is 11.6. The van der Waals surface area contributed by atoms with Gasteiger partial charge in [-0.3, -0.25) is 4.79 Å². The van der Waals surface area contributed by atoms with Gasteiger partial charge >= 0.3 is 5.97 Å². The predicted molar refractivity (Wildman–Crippen MR) is 55.2 cm³/mol. The molecule has 3 nitrogen and oxygen atoms in total. The second kappa shape index (κ2) is 4.84. The standard InChI is InChI=1S/C10H6BrFO3/c11-7-5-6(1-2-8(7)12)9(13)3-4-10(14)15/h1-5H,(H,14,15). The Balaban J connectivity index is 2.92. The summed E-state index contributed by atoms with van der Waals surface area (Å²) in [5.74, 6) is -2.17. The molecule has 78 valence electrons. The van der Waals surface area contributed by atoms with Crippen molar-refractivity contribution in [3.63, 3.8) is 0 Å². The van der Waals surface area contributed by atoms with Crippen LogP contribution in [0.1, 0.15) is 10.4 Å². The molecule has 1 N–H and O–H groups in total. The molecule has 0 saturated heterocycles. The van der Waals surface area contributed by atoms with E-state index in [9.17, 15) is 14.0 Å². The minimum Gasteiger partial charge on any atom is -0.478 e. The van der Waals surface area contributed by atoms with Gasteiger partial charge in [0, 0.05) is 11.6 Å². The number of ketones is 1. The summed E-state index contributed by atoms with van der Waals surface area (Å²) >= 11 is 2.93. The molecule has 0 heterocycles.